The Morgan fingerprint density at radius 2 is 2.15 bits per heavy atom. The highest BCUT2D eigenvalue weighted by Gasteiger charge is 2.31. The van der Waals surface area contributed by atoms with Crippen molar-refractivity contribution in [2.75, 3.05) is 6.61 Å². The first-order valence-corrected chi connectivity index (χ1v) is 8.59. The standard InChI is InChI=1S/C19H18FN5O2/c1-11(10-26)24-9-14-8-13(5-6-15(14)19(24)27)17-12(2)25(23-22-17)16-4-3-7-21-18(16)20/h3-8,11,26H,9-10H2,1-2H3. The van der Waals surface area contributed by atoms with Gasteiger partial charge in [0.1, 0.15) is 11.4 Å². The topological polar surface area (TPSA) is 84.1 Å². The molecular formula is C19H18FN5O2. The number of carbonyl (C=O) groups is 1. The highest BCUT2D eigenvalue weighted by molar-refractivity contribution is 5.99. The van der Waals surface area contributed by atoms with Crippen LogP contribution in [-0.4, -0.2) is 48.5 Å². The minimum absolute atomic E-state index is 0.0866. The van der Waals surface area contributed by atoms with Crippen molar-refractivity contribution in [3.63, 3.8) is 0 Å². The van der Waals surface area contributed by atoms with Gasteiger partial charge in [-0.2, -0.15) is 4.39 Å². The van der Waals surface area contributed by atoms with E-state index in [0.29, 0.717) is 23.5 Å². The lowest BCUT2D eigenvalue weighted by molar-refractivity contribution is 0.0644. The maximum Gasteiger partial charge on any atom is 0.254 e. The molecule has 27 heavy (non-hydrogen) atoms. The molecular weight excluding hydrogens is 349 g/mol. The first kappa shape index (κ1) is 17.3. The largest absolute Gasteiger partial charge is 0.394 e. The molecule has 1 atom stereocenters. The van der Waals surface area contributed by atoms with Crippen LogP contribution in [0.5, 0.6) is 0 Å². The molecule has 1 aromatic carbocycles. The molecule has 0 fully saturated rings. The molecule has 1 amide bonds. The zero-order chi connectivity index (χ0) is 19.1. The van der Waals surface area contributed by atoms with E-state index in [1.54, 1.807) is 30.0 Å². The molecule has 0 aliphatic carbocycles. The minimum atomic E-state index is -0.620. The van der Waals surface area contributed by atoms with E-state index in [-0.39, 0.29) is 24.2 Å². The monoisotopic (exact) mass is 367 g/mol. The third kappa shape index (κ3) is 2.78. The lowest BCUT2D eigenvalue weighted by Gasteiger charge is -2.21. The average molecular weight is 367 g/mol. The SMILES string of the molecule is Cc1c(-c2ccc3c(c2)CN(C(C)CO)C3=O)nnn1-c1cccnc1F. The number of pyridine rings is 1. The summed E-state index contributed by atoms with van der Waals surface area (Å²) in [4.78, 5) is 17.8. The fraction of sp³-hybridized carbons (Fsp3) is 0.263. The molecule has 0 spiro atoms. The van der Waals surface area contributed by atoms with Crippen LogP contribution in [0.4, 0.5) is 4.39 Å². The van der Waals surface area contributed by atoms with E-state index in [2.05, 4.69) is 15.3 Å². The van der Waals surface area contributed by atoms with Gasteiger partial charge in [-0.05, 0) is 43.7 Å². The number of aliphatic hydroxyl groups excluding tert-OH is 1. The molecule has 0 saturated heterocycles. The summed E-state index contributed by atoms with van der Waals surface area (Å²) in [6.07, 6.45) is 1.38. The fourth-order valence-electron chi connectivity index (χ4n) is 3.31. The third-order valence-electron chi connectivity index (χ3n) is 4.87. The number of carbonyl (C=O) groups excluding carboxylic acids is 1. The number of hydrogen-bond acceptors (Lipinski definition) is 5. The average Bonchev–Trinajstić information content (AvgIpc) is 3.21. The van der Waals surface area contributed by atoms with E-state index in [1.165, 1.54) is 10.9 Å². The smallest absolute Gasteiger partial charge is 0.254 e. The van der Waals surface area contributed by atoms with E-state index < -0.39 is 5.95 Å². The minimum Gasteiger partial charge on any atom is -0.394 e. The first-order valence-electron chi connectivity index (χ1n) is 8.59. The number of aliphatic hydroxyl groups is 1. The molecule has 7 nitrogen and oxygen atoms in total. The maximum absolute atomic E-state index is 14.0. The molecule has 0 saturated carbocycles. The van der Waals surface area contributed by atoms with Crippen molar-refractivity contribution in [2.24, 2.45) is 0 Å². The van der Waals surface area contributed by atoms with Gasteiger partial charge in [0.05, 0.1) is 18.3 Å². The number of rotatable bonds is 4. The van der Waals surface area contributed by atoms with Gasteiger partial charge in [0, 0.05) is 23.9 Å². The normalized spacial score (nSPS) is 14.5. The summed E-state index contributed by atoms with van der Waals surface area (Å²) in [5, 5.41) is 17.6. The summed E-state index contributed by atoms with van der Waals surface area (Å²) in [6.45, 7) is 3.97. The molecule has 1 N–H and O–H groups in total. The number of halogens is 1. The van der Waals surface area contributed by atoms with Gasteiger partial charge in [0.25, 0.3) is 5.91 Å². The highest BCUT2D eigenvalue weighted by Crippen LogP contribution is 2.30. The summed E-state index contributed by atoms with van der Waals surface area (Å²) in [6, 6.07) is 8.45. The zero-order valence-electron chi connectivity index (χ0n) is 14.9. The second-order valence-corrected chi connectivity index (χ2v) is 6.59. The molecule has 1 aliphatic heterocycles. The van der Waals surface area contributed by atoms with Crippen molar-refractivity contribution < 1.29 is 14.3 Å². The van der Waals surface area contributed by atoms with Crippen LogP contribution in [0.3, 0.4) is 0 Å². The van der Waals surface area contributed by atoms with Crippen LogP contribution in [0.15, 0.2) is 36.5 Å². The van der Waals surface area contributed by atoms with Crippen LogP contribution in [0.1, 0.15) is 28.5 Å². The molecule has 0 bridgehead atoms. The second kappa shape index (κ2) is 6.55. The summed E-state index contributed by atoms with van der Waals surface area (Å²) in [5.74, 6) is -0.707. The summed E-state index contributed by atoms with van der Waals surface area (Å²) in [7, 11) is 0. The molecule has 3 aromatic rings. The number of benzene rings is 1. The maximum atomic E-state index is 14.0. The number of amides is 1. The van der Waals surface area contributed by atoms with Crippen molar-refractivity contribution in [1.82, 2.24) is 24.9 Å². The summed E-state index contributed by atoms with van der Waals surface area (Å²) < 4.78 is 15.4. The van der Waals surface area contributed by atoms with Crippen LogP contribution in [0.25, 0.3) is 16.9 Å². The van der Waals surface area contributed by atoms with Crippen LogP contribution in [-0.2, 0) is 6.54 Å². The second-order valence-electron chi connectivity index (χ2n) is 6.59. The Balaban J connectivity index is 1.71. The molecule has 4 rings (SSSR count). The van der Waals surface area contributed by atoms with Crippen molar-refractivity contribution in [1.29, 1.82) is 0 Å². The van der Waals surface area contributed by atoms with Crippen molar-refractivity contribution in [2.45, 2.75) is 26.4 Å². The Bertz CT molecular complexity index is 1030. The lowest BCUT2D eigenvalue weighted by atomic mass is 10.0. The number of aromatic nitrogens is 4. The molecule has 3 heterocycles. The zero-order valence-corrected chi connectivity index (χ0v) is 14.9. The van der Waals surface area contributed by atoms with Crippen LogP contribution in [0.2, 0.25) is 0 Å². The Morgan fingerprint density at radius 1 is 1.33 bits per heavy atom. The number of nitrogens with zero attached hydrogens (tertiary/aromatic N) is 5. The molecule has 1 aliphatic rings. The molecule has 0 radical (unpaired) electrons. The van der Waals surface area contributed by atoms with Crippen LogP contribution < -0.4 is 0 Å². The highest BCUT2D eigenvalue weighted by atomic mass is 19.1. The lowest BCUT2D eigenvalue weighted by Crippen LogP contribution is -2.35. The van der Waals surface area contributed by atoms with E-state index in [9.17, 15) is 14.3 Å². The van der Waals surface area contributed by atoms with E-state index in [1.807, 2.05) is 19.1 Å². The Hall–Kier alpha value is -3.13. The van der Waals surface area contributed by atoms with Gasteiger partial charge < -0.3 is 10.0 Å². The summed E-state index contributed by atoms with van der Waals surface area (Å²) >= 11 is 0. The quantitative estimate of drug-likeness (QED) is 0.714. The fourth-order valence-corrected chi connectivity index (χ4v) is 3.31. The van der Waals surface area contributed by atoms with Crippen molar-refractivity contribution >= 4 is 5.91 Å². The molecule has 1 unspecified atom stereocenters. The van der Waals surface area contributed by atoms with Gasteiger partial charge in [0.2, 0.25) is 5.95 Å². The van der Waals surface area contributed by atoms with Gasteiger partial charge in [-0.15, -0.1) is 5.10 Å². The summed E-state index contributed by atoms with van der Waals surface area (Å²) in [5.41, 5.74) is 3.82. The van der Waals surface area contributed by atoms with Gasteiger partial charge in [-0.3, -0.25) is 4.79 Å². The predicted octanol–water partition coefficient (Wildman–Crippen LogP) is 2.11. The van der Waals surface area contributed by atoms with Crippen molar-refractivity contribution in [3.8, 4) is 16.9 Å². The Kier molecular flexibility index (Phi) is 4.19. The number of fused-ring (bicyclic) bond motifs is 1. The Morgan fingerprint density at radius 3 is 2.89 bits per heavy atom. The van der Waals surface area contributed by atoms with Crippen LogP contribution >= 0.6 is 0 Å². The molecule has 2 aromatic heterocycles. The van der Waals surface area contributed by atoms with E-state index in [0.717, 1.165) is 11.1 Å². The third-order valence-corrected chi connectivity index (χ3v) is 4.87. The van der Waals surface area contributed by atoms with Gasteiger partial charge in [0.15, 0.2) is 0 Å². The predicted molar refractivity (Wildman–Crippen MR) is 95.7 cm³/mol. The van der Waals surface area contributed by atoms with E-state index >= 15 is 0 Å². The number of hydrogen-bond donors (Lipinski definition) is 1. The van der Waals surface area contributed by atoms with Crippen molar-refractivity contribution in [3.05, 3.63) is 59.3 Å². The van der Waals surface area contributed by atoms with Gasteiger partial charge in [-0.25, -0.2) is 9.67 Å². The van der Waals surface area contributed by atoms with Gasteiger partial charge >= 0.3 is 0 Å². The molecule has 138 valence electrons. The van der Waals surface area contributed by atoms with Crippen LogP contribution in [0, 0.1) is 12.9 Å². The van der Waals surface area contributed by atoms with E-state index in [4.69, 9.17) is 0 Å². The first-order chi connectivity index (χ1) is 13.0. The molecule has 8 heteroatoms. The van der Waals surface area contributed by atoms with Gasteiger partial charge in [-0.1, -0.05) is 11.3 Å². The Labute approximate surface area is 155 Å².